The minimum absolute atomic E-state index is 0.00436. The first-order valence-electron chi connectivity index (χ1n) is 13.6. The molecule has 0 radical (unpaired) electrons. The van der Waals surface area contributed by atoms with Crippen LogP contribution in [0.1, 0.15) is 78.2 Å². The van der Waals surface area contributed by atoms with Crippen molar-refractivity contribution < 1.29 is 19.1 Å². The maximum Gasteiger partial charge on any atom is 0.341 e. The zero-order chi connectivity index (χ0) is 27.8. The molecule has 3 aromatic rings. The van der Waals surface area contributed by atoms with Gasteiger partial charge in [-0.05, 0) is 67.3 Å². The Morgan fingerprint density at radius 3 is 2.59 bits per heavy atom. The molecule has 0 fully saturated rings. The highest BCUT2D eigenvalue weighted by molar-refractivity contribution is 8.00. The van der Waals surface area contributed by atoms with E-state index in [2.05, 4.69) is 41.8 Å². The zero-order valence-corrected chi connectivity index (χ0v) is 24.4. The fourth-order valence-corrected chi connectivity index (χ4v) is 7.22. The molecule has 2 aromatic carbocycles. The summed E-state index contributed by atoms with van der Waals surface area (Å²) < 4.78 is 5.12. The van der Waals surface area contributed by atoms with Gasteiger partial charge in [0.2, 0.25) is 11.8 Å². The minimum Gasteiger partial charge on any atom is -0.465 e. The second-order valence-corrected chi connectivity index (χ2v) is 12.1. The molecule has 2 amide bonds. The van der Waals surface area contributed by atoms with Crippen molar-refractivity contribution in [3.8, 4) is 0 Å². The van der Waals surface area contributed by atoms with Crippen molar-refractivity contribution in [2.75, 3.05) is 17.7 Å². The largest absolute Gasteiger partial charge is 0.465 e. The van der Waals surface area contributed by atoms with E-state index in [1.807, 2.05) is 37.3 Å². The Morgan fingerprint density at radius 2 is 1.87 bits per heavy atom. The van der Waals surface area contributed by atoms with Gasteiger partial charge in [-0.15, -0.1) is 23.1 Å². The Bertz CT molecular complexity index is 1310. The lowest BCUT2D eigenvalue weighted by Gasteiger charge is -2.22. The van der Waals surface area contributed by atoms with Crippen LogP contribution in [-0.4, -0.2) is 30.1 Å². The summed E-state index contributed by atoms with van der Waals surface area (Å²) >= 11 is 2.95. The number of unbranched alkanes of at least 4 members (excludes halogenated alkanes) is 1. The molecular formula is C31H36N2O4S2. The van der Waals surface area contributed by atoms with Gasteiger partial charge in [0, 0.05) is 21.9 Å². The Labute approximate surface area is 238 Å². The first kappa shape index (κ1) is 28.9. The molecule has 2 atom stereocenters. The van der Waals surface area contributed by atoms with Crippen LogP contribution in [0.4, 0.5) is 10.7 Å². The summed E-state index contributed by atoms with van der Waals surface area (Å²) in [7, 11) is 1.38. The molecule has 0 bridgehead atoms. The van der Waals surface area contributed by atoms with Crippen LogP contribution in [0.2, 0.25) is 0 Å². The fourth-order valence-electron chi connectivity index (χ4n) is 4.89. The van der Waals surface area contributed by atoms with Gasteiger partial charge in [0.1, 0.15) is 5.00 Å². The van der Waals surface area contributed by atoms with Gasteiger partial charge in [-0.1, -0.05) is 56.7 Å². The summed E-state index contributed by atoms with van der Waals surface area (Å²) in [4.78, 5) is 40.4. The van der Waals surface area contributed by atoms with Crippen LogP contribution in [0.5, 0.6) is 0 Å². The van der Waals surface area contributed by atoms with Crippen molar-refractivity contribution in [1.29, 1.82) is 0 Å². The third-order valence-corrected chi connectivity index (χ3v) is 9.51. The monoisotopic (exact) mass is 564 g/mol. The summed E-state index contributed by atoms with van der Waals surface area (Å²) in [6, 6.07) is 18.0. The molecule has 0 saturated heterocycles. The number of esters is 1. The van der Waals surface area contributed by atoms with Crippen molar-refractivity contribution in [3.05, 3.63) is 76.2 Å². The second kappa shape index (κ2) is 13.8. The summed E-state index contributed by atoms with van der Waals surface area (Å²) in [6.45, 7) is 4.03. The van der Waals surface area contributed by atoms with Crippen LogP contribution in [0.25, 0.3) is 0 Å². The maximum absolute atomic E-state index is 13.4. The van der Waals surface area contributed by atoms with Crippen LogP contribution in [0, 0.1) is 0 Å². The Morgan fingerprint density at radius 1 is 1.08 bits per heavy atom. The number of methoxy groups -OCH3 is 1. The molecule has 8 heteroatoms. The van der Waals surface area contributed by atoms with E-state index in [0.29, 0.717) is 29.3 Å². The number of benzene rings is 2. The van der Waals surface area contributed by atoms with E-state index in [0.717, 1.165) is 53.1 Å². The third kappa shape index (κ3) is 7.31. The number of rotatable bonds is 11. The van der Waals surface area contributed by atoms with E-state index in [-0.39, 0.29) is 17.1 Å². The lowest BCUT2D eigenvalue weighted by atomic mass is 9.83. The fraction of sp³-hybridized carbons (Fsp3) is 0.387. The molecule has 6 nitrogen and oxygen atoms in total. The van der Waals surface area contributed by atoms with Crippen molar-refractivity contribution in [2.45, 2.75) is 74.9 Å². The van der Waals surface area contributed by atoms with E-state index >= 15 is 0 Å². The van der Waals surface area contributed by atoms with Gasteiger partial charge in [-0.2, -0.15) is 0 Å². The number of nitrogens with one attached hydrogen (secondary N) is 2. The molecule has 0 spiro atoms. The van der Waals surface area contributed by atoms with Crippen LogP contribution < -0.4 is 10.6 Å². The van der Waals surface area contributed by atoms with Crippen LogP contribution >= 0.6 is 23.1 Å². The van der Waals surface area contributed by atoms with Gasteiger partial charge in [0.15, 0.2) is 0 Å². The lowest BCUT2D eigenvalue weighted by molar-refractivity contribution is -0.116. The molecule has 4 rings (SSSR count). The standard InChI is InChI=1S/C31H36N2O4S2/c1-4-6-15-27(34)32-22-13-10-14-23(19-22)38-25(5-2)29(35)33-30-28(31(36)37-3)24-17-16-21(18-26(24)39-30)20-11-8-7-9-12-20/h7-14,19,21,25H,4-6,15-18H2,1-3H3,(H,32,34)(H,33,35). The van der Waals surface area contributed by atoms with Gasteiger partial charge < -0.3 is 15.4 Å². The summed E-state index contributed by atoms with van der Waals surface area (Å²) in [5.74, 6) is -0.174. The number of carbonyl (C=O) groups is 3. The summed E-state index contributed by atoms with van der Waals surface area (Å²) in [5, 5.41) is 6.22. The van der Waals surface area contributed by atoms with Crippen molar-refractivity contribution in [2.24, 2.45) is 0 Å². The predicted molar refractivity (Wildman–Crippen MR) is 160 cm³/mol. The van der Waals surface area contributed by atoms with Gasteiger partial charge in [-0.3, -0.25) is 9.59 Å². The molecule has 2 unspecified atom stereocenters. The molecule has 1 aromatic heterocycles. The maximum atomic E-state index is 13.4. The molecule has 39 heavy (non-hydrogen) atoms. The SMILES string of the molecule is CCCCC(=O)Nc1cccc(SC(CC)C(=O)Nc2sc3c(c2C(=O)OC)CCC(c2ccccc2)C3)c1. The topological polar surface area (TPSA) is 84.5 Å². The van der Waals surface area contributed by atoms with E-state index in [1.54, 1.807) is 0 Å². The Hall–Kier alpha value is -3.10. The van der Waals surface area contributed by atoms with Crippen LogP contribution in [-0.2, 0) is 27.2 Å². The third-order valence-electron chi connectivity index (χ3n) is 6.98. The molecule has 0 aliphatic heterocycles. The normalized spacial score (nSPS) is 15.2. The van der Waals surface area contributed by atoms with Crippen molar-refractivity contribution in [3.63, 3.8) is 0 Å². The van der Waals surface area contributed by atoms with Crippen molar-refractivity contribution in [1.82, 2.24) is 0 Å². The number of thiophene rings is 1. The quantitative estimate of drug-likeness (QED) is 0.187. The Kier molecular flexibility index (Phi) is 10.2. The molecule has 0 saturated carbocycles. The summed E-state index contributed by atoms with van der Waals surface area (Å²) in [5.41, 5.74) is 3.52. The number of anilines is 2. The van der Waals surface area contributed by atoms with Gasteiger partial charge in [0.05, 0.1) is 17.9 Å². The second-order valence-electron chi connectivity index (χ2n) is 9.73. The number of fused-ring (bicyclic) bond motifs is 1. The smallest absolute Gasteiger partial charge is 0.341 e. The number of amides is 2. The van der Waals surface area contributed by atoms with Gasteiger partial charge in [0.25, 0.3) is 0 Å². The predicted octanol–water partition coefficient (Wildman–Crippen LogP) is 7.45. The first-order chi connectivity index (χ1) is 18.9. The van der Waals surface area contributed by atoms with Crippen molar-refractivity contribution >= 4 is 51.6 Å². The minimum atomic E-state index is -0.409. The first-order valence-corrected chi connectivity index (χ1v) is 15.3. The van der Waals surface area contributed by atoms with E-state index in [9.17, 15) is 14.4 Å². The van der Waals surface area contributed by atoms with Gasteiger partial charge >= 0.3 is 5.97 Å². The number of hydrogen-bond donors (Lipinski definition) is 2. The molecular weight excluding hydrogens is 528 g/mol. The highest BCUT2D eigenvalue weighted by Crippen LogP contribution is 2.43. The average molecular weight is 565 g/mol. The zero-order valence-electron chi connectivity index (χ0n) is 22.8. The molecule has 206 valence electrons. The highest BCUT2D eigenvalue weighted by atomic mass is 32.2. The van der Waals surface area contributed by atoms with Crippen LogP contribution in [0.3, 0.4) is 0 Å². The van der Waals surface area contributed by atoms with Crippen LogP contribution in [0.15, 0.2) is 59.5 Å². The lowest BCUT2D eigenvalue weighted by Crippen LogP contribution is -2.25. The number of ether oxygens (including phenoxy) is 1. The van der Waals surface area contributed by atoms with Gasteiger partial charge in [-0.25, -0.2) is 4.79 Å². The highest BCUT2D eigenvalue weighted by Gasteiger charge is 2.31. The molecule has 1 aliphatic rings. The number of thioether (sulfide) groups is 1. The van der Waals surface area contributed by atoms with E-state index in [1.165, 1.54) is 35.8 Å². The number of hydrogen-bond acceptors (Lipinski definition) is 6. The average Bonchev–Trinajstić information content (AvgIpc) is 3.31. The molecule has 2 N–H and O–H groups in total. The molecule has 1 aliphatic carbocycles. The van der Waals surface area contributed by atoms with E-state index < -0.39 is 5.97 Å². The molecule has 1 heterocycles. The number of carbonyl (C=O) groups excluding carboxylic acids is 3. The van der Waals surface area contributed by atoms with E-state index in [4.69, 9.17) is 4.74 Å². The Balaban J connectivity index is 1.49. The summed E-state index contributed by atoms with van der Waals surface area (Å²) in [6.07, 6.45) is 5.48.